The van der Waals surface area contributed by atoms with Crippen molar-refractivity contribution in [2.45, 2.75) is 44.7 Å². The second kappa shape index (κ2) is 10.7. The third-order valence-corrected chi connectivity index (χ3v) is 6.42. The van der Waals surface area contributed by atoms with Crippen LogP contribution in [0.1, 0.15) is 44.2 Å². The summed E-state index contributed by atoms with van der Waals surface area (Å²) in [6.07, 6.45) is -0.218. The van der Waals surface area contributed by atoms with E-state index < -0.39 is 29.6 Å². The van der Waals surface area contributed by atoms with Crippen LogP contribution in [0.2, 0.25) is 0 Å². The van der Waals surface area contributed by atoms with Crippen LogP contribution < -0.4 is 10.6 Å². The van der Waals surface area contributed by atoms with Crippen molar-refractivity contribution in [3.8, 4) is 11.1 Å². The van der Waals surface area contributed by atoms with Crippen molar-refractivity contribution in [3.05, 3.63) is 59.7 Å². The molecule has 2 unspecified atom stereocenters. The maximum absolute atomic E-state index is 13.0. The Bertz CT molecular complexity index is 1010. The van der Waals surface area contributed by atoms with Crippen molar-refractivity contribution in [2.24, 2.45) is 5.92 Å². The van der Waals surface area contributed by atoms with Crippen molar-refractivity contribution in [3.63, 3.8) is 0 Å². The second-order valence-corrected chi connectivity index (χ2v) is 8.89. The Balaban J connectivity index is 1.70. The molecule has 3 rings (SSSR count). The van der Waals surface area contributed by atoms with Crippen LogP contribution in [0.5, 0.6) is 0 Å². The number of aliphatic carboxylic acids is 1. The van der Waals surface area contributed by atoms with Crippen molar-refractivity contribution >= 4 is 18.0 Å². The van der Waals surface area contributed by atoms with Gasteiger partial charge in [0.15, 0.2) is 0 Å². The lowest BCUT2D eigenvalue weighted by Gasteiger charge is -2.31. The number of carbonyl (C=O) groups is 3. The minimum Gasteiger partial charge on any atom is -0.480 e. The lowest BCUT2D eigenvalue weighted by atomic mass is 9.96. The van der Waals surface area contributed by atoms with Gasteiger partial charge in [0.25, 0.3) is 0 Å². The third-order valence-electron chi connectivity index (χ3n) is 6.42. The van der Waals surface area contributed by atoms with E-state index in [1.165, 1.54) is 14.0 Å². The van der Waals surface area contributed by atoms with Crippen molar-refractivity contribution in [1.82, 2.24) is 10.6 Å². The van der Waals surface area contributed by atoms with Gasteiger partial charge < -0.3 is 25.2 Å². The van der Waals surface area contributed by atoms with E-state index in [1.54, 1.807) is 6.92 Å². The fourth-order valence-corrected chi connectivity index (χ4v) is 4.29. The standard InChI is InChI=1S/C26H32N2O6/c1-5-16(2)22(23(29)30)27-24(31)26(3,15-33-4)28-25(32)34-14-21-19-12-8-6-10-17(19)18-11-7-9-13-20(18)21/h6-13,16,21-22H,5,14-15H2,1-4H3,(H,27,31)(H,28,32)(H,29,30)/t16?,22-,26?/m0/s1. The number of ether oxygens (including phenoxy) is 2. The molecule has 182 valence electrons. The predicted octanol–water partition coefficient (Wildman–Crippen LogP) is 3.55. The van der Waals surface area contributed by atoms with E-state index in [0.29, 0.717) is 6.42 Å². The normalized spacial score (nSPS) is 15.9. The number of carboxylic acids is 1. The molecule has 1 aliphatic carbocycles. The van der Waals surface area contributed by atoms with Gasteiger partial charge in [-0.1, -0.05) is 68.8 Å². The first-order valence-electron chi connectivity index (χ1n) is 11.4. The van der Waals surface area contributed by atoms with Gasteiger partial charge in [-0.15, -0.1) is 0 Å². The summed E-state index contributed by atoms with van der Waals surface area (Å²) in [5.41, 5.74) is 2.86. The zero-order valence-electron chi connectivity index (χ0n) is 20.0. The fraction of sp³-hybridized carbons (Fsp3) is 0.423. The molecule has 8 nitrogen and oxygen atoms in total. The number of rotatable bonds is 10. The van der Waals surface area contributed by atoms with Gasteiger partial charge in [-0.05, 0) is 35.1 Å². The van der Waals surface area contributed by atoms with Gasteiger partial charge in [0.05, 0.1) is 6.61 Å². The van der Waals surface area contributed by atoms with Gasteiger partial charge in [-0.3, -0.25) is 4.79 Å². The van der Waals surface area contributed by atoms with E-state index in [4.69, 9.17) is 9.47 Å². The van der Waals surface area contributed by atoms with E-state index in [0.717, 1.165) is 22.3 Å². The summed E-state index contributed by atoms with van der Waals surface area (Å²) in [7, 11) is 1.40. The summed E-state index contributed by atoms with van der Waals surface area (Å²) < 4.78 is 10.7. The average Bonchev–Trinajstić information content (AvgIpc) is 3.14. The number of nitrogens with one attached hydrogen (secondary N) is 2. The highest BCUT2D eigenvalue weighted by Crippen LogP contribution is 2.44. The number of alkyl carbamates (subject to hydrolysis) is 1. The van der Waals surface area contributed by atoms with Gasteiger partial charge in [0, 0.05) is 13.0 Å². The largest absolute Gasteiger partial charge is 0.480 e. The molecule has 34 heavy (non-hydrogen) atoms. The molecule has 0 saturated carbocycles. The number of carbonyl (C=O) groups excluding carboxylic acids is 2. The molecule has 0 radical (unpaired) electrons. The van der Waals surface area contributed by atoms with E-state index in [1.807, 2.05) is 55.5 Å². The number of hydrogen-bond acceptors (Lipinski definition) is 5. The zero-order chi connectivity index (χ0) is 24.9. The Kier molecular flexibility index (Phi) is 7.94. The third kappa shape index (κ3) is 5.22. The van der Waals surface area contributed by atoms with Gasteiger partial charge in [0.2, 0.25) is 5.91 Å². The smallest absolute Gasteiger partial charge is 0.408 e. The van der Waals surface area contributed by atoms with Gasteiger partial charge in [-0.25, -0.2) is 9.59 Å². The molecule has 3 N–H and O–H groups in total. The fourth-order valence-electron chi connectivity index (χ4n) is 4.29. The van der Waals surface area contributed by atoms with Crippen LogP contribution in [-0.2, 0) is 19.1 Å². The van der Waals surface area contributed by atoms with Gasteiger partial charge in [-0.2, -0.15) is 0 Å². The van der Waals surface area contributed by atoms with E-state index in [-0.39, 0.29) is 25.0 Å². The highest BCUT2D eigenvalue weighted by Gasteiger charge is 2.39. The van der Waals surface area contributed by atoms with Crippen molar-refractivity contribution in [1.29, 1.82) is 0 Å². The number of hydrogen-bond donors (Lipinski definition) is 3. The van der Waals surface area contributed by atoms with E-state index in [2.05, 4.69) is 10.6 Å². The number of methoxy groups -OCH3 is 1. The van der Waals surface area contributed by atoms with Crippen LogP contribution in [0, 0.1) is 5.92 Å². The molecular formula is C26H32N2O6. The number of benzene rings is 2. The van der Waals surface area contributed by atoms with Crippen LogP contribution in [0.15, 0.2) is 48.5 Å². The lowest BCUT2D eigenvalue weighted by Crippen LogP contribution is -2.62. The molecular weight excluding hydrogens is 436 g/mol. The molecule has 2 aromatic rings. The summed E-state index contributed by atoms with van der Waals surface area (Å²) in [6.45, 7) is 5.00. The molecule has 0 aromatic heterocycles. The minimum atomic E-state index is -1.52. The van der Waals surface area contributed by atoms with E-state index in [9.17, 15) is 19.5 Å². The van der Waals surface area contributed by atoms with Crippen LogP contribution in [0.3, 0.4) is 0 Å². The predicted molar refractivity (Wildman–Crippen MR) is 128 cm³/mol. The number of amides is 2. The van der Waals surface area contributed by atoms with Crippen LogP contribution in [0.4, 0.5) is 4.79 Å². The molecule has 2 amide bonds. The maximum Gasteiger partial charge on any atom is 0.408 e. The summed E-state index contributed by atoms with van der Waals surface area (Å²) in [6, 6.07) is 14.9. The Morgan fingerprint density at radius 3 is 2.12 bits per heavy atom. The molecule has 8 heteroatoms. The van der Waals surface area contributed by atoms with E-state index >= 15 is 0 Å². The monoisotopic (exact) mass is 468 g/mol. The molecule has 0 heterocycles. The first-order valence-corrected chi connectivity index (χ1v) is 11.4. The highest BCUT2D eigenvalue weighted by molar-refractivity contribution is 5.92. The minimum absolute atomic E-state index is 0.0924. The Morgan fingerprint density at radius 1 is 1.06 bits per heavy atom. The van der Waals surface area contributed by atoms with Crippen LogP contribution in [-0.4, -0.2) is 55.0 Å². The van der Waals surface area contributed by atoms with Gasteiger partial charge in [0.1, 0.15) is 18.2 Å². The van der Waals surface area contributed by atoms with Crippen molar-refractivity contribution in [2.75, 3.05) is 20.3 Å². The molecule has 0 spiro atoms. The lowest BCUT2D eigenvalue weighted by molar-refractivity contribution is -0.144. The van der Waals surface area contributed by atoms with Gasteiger partial charge >= 0.3 is 12.1 Å². The zero-order valence-corrected chi connectivity index (χ0v) is 20.0. The first-order chi connectivity index (χ1) is 16.2. The summed E-state index contributed by atoms with van der Waals surface area (Å²) in [4.78, 5) is 37.4. The van der Waals surface area contributed by atoms with Crippen molar-refractivity contribution < 1.29 is 29.0 Å². The van der Waals surface area contributed by atoms with Crippen LogP contribution >= 0.6 is 0 Å². The molecule has 0 fully saturated rings. The average molecular weight is 469 g/mol. The quantitative estimate of drug-likeness (QED) is 0.491. The molecule has 2 aromatic carbocycles. The number of carboxylic acid groups (broad SMARTS) is 1. The summed E-state index contributed by atoms with van der Waals surface area (Å²) in [5, 5.41) is 14.6. The SMILES string of the molecule is CCC(C)[C@H](NC(=O)C(C)(COC)NC(=O)OCC1c2ccccc2-c2ccccc21)C(=O)O. The topological polar surface area (TPSA) is 114 Å². The molecule has 0 saturated heterocycles. The molecule has 0 aliphatic heterocycles. The summed E-state index contributed by atoms with van der Waals surface area (Å²) in [5.74, 6) is -2.20. The summed E-state index contributed by atoms with van der Waals surface area (Å²) >= 11 is 0. The maximum atomic E-state index is 13.0. The molecule has 0 bridgehead atoms. The van der Waals surface area contributed by atoms with Crippen LogP contribution in [0.25, 0.3) is 11.1 Å². The Labute approximate surface area is 199 Å². The first kappa shape index (κ1) is 25.2. The molecule has 1 aliphatic rings. The Hall–Kier alpha value is -3.39. The molecule has 3 atom stereocenters. The Morgan fingerprint density at radius 2 is 1.62 bits per heavy atom. The highest BCUT2D eigenvalue weighted by atomic mass is 16.5. The second-order valence-electron chi connectivity index (χ2n) is 8.89. The number of fused-ring (bicyclic) bond motifs is 3.